The topological polar surface area (TPSA) is 23.5 Å². The van der Waals surface area contributed by atoms with E-state index in [1.54, 1.807) is 0 Å². The zero-order valence-electron chi connectivity index (χ0n) is 12.3. The van der Waals surface area contributed by atoms with Gasteiger partial charge in [0.25, 0.3) is 0 Å². The van der Waals surface area contributed by atoms with Gasteiger partial charge < -0.3 is 10.0 Å². The fourth-order valence-electron chi connectivity index (χ4n) is 3.45. The van der Waals surface area contributed by atoms with Gasteiger partial charge in [-0.2, -0.15) is 0 Å². The van der Waals surface area contributed by atoms with Crippen molar-refractivity contribution >= 4 is 15.9 Å². The van der Waals surface area contributed by atoms with Crippen molar-refractivity contribution < 1.29 is 5.11 Å². The maximum absolute atomic E-state index is 9.35. The van der Waals surface area contributed by atoms with Crippen LogP contribution in [0, 0.1) is 11.3 Å². The van der Waals surface area contributed by atoms with Crippen LogP contribution in [0.3, 0.4) is 0 Å². The molecule has 0 aliphatic heterocycles. The lowest BCUT2D eigenvalue weighted by Gasteiger charge is -2.39. The third-order valence-electron chi connectivity index (χ3n) is 4.23. The number of hydrogen-bond donors (Lipinski definition) is 1. The number of aliphatic hydroxyl groups excluding tert-OH is 1. The molecule has 0 radical (unpaired) electrons. The molecule has 0 unspecified atom stereocenters. The molecule has 2 nitrogen and oxygen atoms in total. The van der Waals surface area contributed by atoms with Gasteiger partial charge in [-0.1, -0.05) is 42.6 Å². The Morgan fingerprint density at radius 3 is 2.17 bits per heavy atom. The van der Waals surface area contributed by atoms with Crippen LogP contribution in [-0.2, 0) is 0 Å². The molecular weight excluding hydrogens is 290 g/mol. The van der Waals surface area contributed by atoms with Gasteiger partial charge in [0, 0.05) is 18.4 Å². The average Bonchev–Trinajstić information content (AvgIpc) is 2.27. The van der Waals surface area contributed by atoms with E-state index in [1.807, 2.05) is 0 Å². The molecule has 1 fully saturated rings. The molecule has 0 amide bonds. The third kappa shape index (κ3) is 4.82. The highest BCUT2D eigenvalue weighted by atomic mass is 79.9. The van der Waals surface area contributed by atoms with Gasteiger partial charge >= 0.3 is 0 Å². The number of hydrogen-bond acceptors (Lipinski definition) is 2. The van der Waals surface area contributed by atoms with Crippen LogP contribution >= 0.6 is 15.9 Å². The van der Waals surface area contributed by atoms with Gasteiger partial charge in [0.1, 0.15) is 0 Å². The minimum absolute atomic E-state index is 0.0179. The Labute approximate surface area is 121 Å². The second-order valence-corrected chi connectivity index (χ2v) is 6.88. The highest BCUT2D eigenvalue weighted by molar-refractivity contribution is 9.09. The molecule has 0 aromatic rings. The van der Waals surface area contributed by atoms with Crippen LogP contribution in [0.1, 0.15) is 52.4 Å². The highest BCUT2D eigenvalue weighted by Crippen LogP contribution is 2.34. The van der Waals surface area contributed by atoms with Crippen molar-refractivity contribution in [2.45, 2.75) is 58.5 Å². The fourth-order valence-corrected chi connectivity index (χ4v) is 4.19. The van der Waals surface area contributed by atoms with Crippen molar-refractivity contribution in [2.75, 3.05) is 25.5 Å². The molecule has 108 valence electrons. The second kappa shape index (κ2) is 7.86. The number of rotatable bonds is 9. The smallest absolute Gasteiger partial charge is 0.0546 e. The number of aliphatic hydroxyl groups is 1. The fraction of sp³-hybridized carbons (Fsp3) is 1.00. The van der Waals surface area contributed by atoms with Crippen molar-refractivity contribution in [3.63, 3.8) is 0 Å². The molecule has 1 saturated carbocycles. The Balaban J connectivity index is 2.42. The van der Waals surface area contributed by atoms with Crippen LogP contribution in [0.15, 0.2) is 0 Å². The van der Waals surface area contributed by atoms with Crippen LogP contribution in [0.25, 0.3) is 0 Å². The Bertz CT molecular complexity index is 223. The summed E-state index contributed by atoms with van der Waals surface area (Å²) < 4.78 is 0. The summed E-state index contributed by atoms with van der Waals surface area (Å²) in [6.07, 6.45) is 7.15. The van der Waals surface area contributed by atoms with Crippen molar-refractivity contribution in [3.8, 4) is 0 Å². The first kappa shape index (κ1) is 16.5. The van der Waals surface area contributed by atoms with Crippen molar-refractivity contribution in [3.05, 3.63) is 0 Å². The van der Waals surface area contributed by atoms with E-state index in [2.05, 4.69) is 41.7 Å². The Morgan fingerprint density at radius 1 is 1.22 bits per heavy atom. The summed E-state index contributed by atoms with van der Waals surface area (Å²) in [5.41, 5.74) is 0.445. The first-order valence-electron chi connectivity index (χ1n) is 7.47. The van der Waals surface area contributed by atoms with Crippen LogP contribution in [-0.4, -0.2) is 41.6 Å². The third-order valence-corrected chi connectivity index (χ3v) is 5.42. The summed E-state index contributed by atoms with van der Waals surface area (Å²) in [6.45, 7) is 6.91. The Morgan fingerprint density at radius 2 is 1.78 bits per heavy atom. The molecule has 0 saturated heterocycles. The zero-order chi connectivity index (χ0) is 13.6. The van der Waals surface area contributed by atoms with Crippen LogP contribution < -0.4 is 0 Å². The van der Waals surface area contributed by atoms with Crippen molar-refractivity contribution in [1.29, 1.82) is 0 Å². The van der Waals surface area contributed by atoms with Gasteiger partial charge in [-0.25, -0.2) is 0 Å². The summed E-state index contributed by atoms with van der Waals surface area (Å²) in [4.78, 5) is 2.49. The summed E-state index contributed by atoms with van der Waals surface area (Å²) in [6, 6.07) is 0. The maximum atomic E-state index is 9.35. The summed E-state index contributed by atoms with van der Waals surface area (Å²) >= 11 is 3.74. The van der Waals surface area contributed by atoms with E-state index in [0.29, 0.717) is 5.41 Å². The van der Waals surface area contributed by atoms with Gasteiger partial charge in [-0.05, 0) is 44.1 Å². The summed E-state index contributed by atoms with van der Waals surface area (Å²) in [7, 11) is 2.24. The first-order chi connectivity index (χ1) is 8.55. The van der Waals surface area contributed by atoms with E-state index in [4.69, 9.17) is 0 Å². The lowest BCUT2D eigenvalue weighted by Crippen LogP contribution is -2.42. The average molecular weight is 320 g/mol. The minimum atomic E-state index is -0.0179. The highest BCUT2D eigenvalue weighted by Gasteiger charge is 2.32. The molecule has 0 atom stereocenters. The standard InChI is InChI=1S/C15H30BrNO/c1-4-6-15(11-16,7-5-2)12-17(3)10-13-8-14(18)9-13/h13-14,18H,4-12H2,1-3H3. The summed E-state index contributed by atoms with van der Waals surface area (Å²) in [5, 5.41) is 10.5. The van der Waals surface area contributed by atoms with Gasteiger partial charge in [0.2, 0.25) is 0 Å². The Hall–Kier alpha value is 0.400. The SMILES string of the molecule is CCCC(CBr)(CCC)CN(C)CC1CC(O)C1. The second-order valence-electron chi connectivity index (χ2n) is 6.32. The van der Waals surface area contributed by atoms with Gasteiger partial charge in [0.15, 0.2) is 0 Å². The predicted molar refractivity (Wildman–Crippen MR) is 82.3 cm³/mol. The van der Waals surface area contributed by atoms with Crippen LogP contribution in [0.5, 0.6) is 0 Å². The van der Waals surface area contributed by atoms with E-state index >= 15 is 0 Å². The van der Waals surface area contributed by atoms with Gasteiger partial charge in [0.05, 0.1) is 6.10 Å². The Kier molecular flexibility index (Phi) is 7.19. The van der Waals surface area contributed by atoms with E-state index in [1.165, 1.54) is 32.2 Å². The predicted octanol–water partition coefficient (Wildman–Crippen LogP) is 3.67. The van der Waals surface area contributed by atoms with Crippen molar-refractivity contribution in [2.24, 2.45) is 11.3 Å². The van der Waals surface area contributed by atoms with Crippen LogP contribution in [0.4, 0.5) is 0 Å². The van der Waals surface area contributed by atoms with E-state index in [9.17, 15) is 5.11 Å². The number of nitrogens with zero attached hydrogens (tertiary/aromatic N) is 1. The zero-order valence-corrected chi connectivity index (χ0v) is 13.9. The van der Waals surface area contributed by atoms with Crippen molar-refractivity contribution in [1.82, 2.24) is 4.90 Å². The van der Waals surface area contributed by atoms with Gasteiger partial charge in [-0.15, -0.1) is 0 Å². The van der Waals surface area contributed by atoms with Gasteiger partial charge in [-0.3, -0.25) is 0 Å². The van der Waals surface area contributed by atoms with E-state index in [0.717, 1.165) is 30.6 Å². The molecule has 1 aliphatic rings. The van der Waals surface area contributed by atoms with E-state index < -0.39 is 0 Å². The molecule has 0 bridgehead atoms. The maximum Gasteiger partial charge on any atom is 0.0546 e. The lowest BCUT2D eigenvalue weighted by molar-refractivity contribution is 0.0218. The monoisotopic (exact) mass is 319 g/mol. The molecule has 0 heterocycles. The van der Waals surface area contributed by atoms with Crippen LogP contribution in [0.2, 0.25) is 0 Å². The normalized spacial score (nSPS) is 24.3. The molecule has 3 heteroatoms. The largest absolute Gasteiger partial charge is 0.393 e. The molecule has 1 N–H and O–H groups in total. The lowest BCUT2D eigenvalue weighted by atomic mass is 9.79. The molecular formula is C15H30BrNO. The molecule has 18 heavy (non-hydrogen) atoms. The molecule has 0 spiro atoms. The summed E-state index contributed by atoms with van der Waals surface area (Å²) in [5.74, 6) is 0.723. The molecule has 0 aromatic carbocycles. The molecule has 1 aliphatic carbocycles. The first-order valence-corrected chi connectivity index (χ1v) is 8.60. The van der Waals surface area contributed by atoms with E-state index in [-0.39, 0.29) is 6.10 Å². The number of alkyl halides is 1. The molecule has 0 aromatic heterocycles. The molecule has 1 rings (SSSR count). The quantitative estimate of drug-likeness (QED) is 0.655. The number of halogens is 1. The minimum Gasteiger partial charge on any atom is -0.393 e.